The lowest BCUT2D eigenvalue weighted by atomic mass is 9.88. The number of aliphatic hydroxyl groups excluding tert-OH is 1. The van der Waals surface area contributed by atoms with Crippen molar-refractivity contribution in [3.8, 4) is 0 Å². The summed E-state index contributed by atoms with van der Waals surface area (Å²) in [7, 11) is 1.87. The molecule has 0 saturated heterocycles. The number of aliphatic hydroxyl groups is 1. The number of rotatable bonds is 3. The van der Waals surface area contributed by atoms with Gasteiger partial charge in [0.05, 0.1) is 0 Å². The van der Waals surface area contributed by atoms with Crippen molar-refractivity contribution in [2.45, 2.75) is 32.4 Å². The van der Waals surface area contributed by atoms with Crippen molar-refractivity contribution in [3.63, 3.8) is 0 Å². The van der Waals surface area contributed by atoms with E-state index in [1.165, 1.54) is 16.7 Å². The van der Waals surface area contributed by atoms with E-state index in [9.17, 15) is 9.90 Å². The summed E-state index contributed by atoms with van der Waals surface area (Å²) in [4.78, 5) is 13.7. The van der Waals surface area contributed by atoms with Gasteiger partial charge in [0, 0.05) is 25.4 Å². The lowest BCUT2D eigenvalue weighted by molar-refractivity contribution is -0.116. The molecule has 0 radical (unpaired) electrons. The van der Waals surface area contributed by atoms with E-state index < -0.39 is 6.23 Å². The Labute approximate surface area is 159 Å². The molecule has 2 aliphatic heterocycles. The molecule has 0 aliphatic carbocycles. The minimum Gasteiger partial charge on any atom is -0.370 e. The zero-order valence-electron chi connectivity index (χ0n) is 15.7. The van der Waals surface area contributed by atoms with Gasteiger partial charge in [-0.05, 0) is 65.3 Å². The smallest absolute Gasteiger partial charge is 0.224 e. The van der Waals surface area contributed by atoms with E-state index >= 15 is 0 Å². The molecule has 0 spiro atoms. The fourth-order valence-corrected chi connectivity index (χ4v) is 3.83. The zero-order chi connectivity index (χ0) is 19.0. The second kappa shape index (κ2) is 7.05. The van der Waals surface area contributed by atoms with E-state index in [1.807, 2.05) is 37.2 Å². The minimum atomic E-state index is -0.594. The number of allylic oxidation sites excluding steroid dienone is 2. The Morgan fingerprint density at radius 3 is 2.70 bits per heavy atom. The molecule has 2 N–H and O–H groups in total. The van der Waals surface area contributed by atoms with Crippen LogP contribution < -0.4 is 5.32 Å². The van der Waals surface area contributed by atoms with Crippen LogP contribution in [0.2, 0.25) is 0 Å². The van der Waals surface area contributed by atoms with Crippen molar-refractivity contribution in [3.05, 3.63) is 82.6 Å². The van der Waals surface area contributed by atoms with Gasteiger partial charge < -0.3 is 15.3 Å². The van der Waals surface area contributed by atoms with Crippen LogP contribution in [0.15, 0.2) is 60.3 Å². The first kappa shape index (κ1) is 17.6. The van der Waals surface area contributed by atoms with Gasteiger partial charge in [0.25, 0.3) is 0 Å². The van der Waals surface area contributed by atoms with Crippen molar-refractivity contribution in [2.75, 3.05) is 12.4 Å². The lowest BCUT2D eigenvalue weighted by Gasteiger charge is -2.29. The Morgan fingerprint density at radius 2 is 1.96 bits per heavy atom. The number of nitrogens with one attached hydrogen (secondary N) is 1. The van der Waals surface area contributed by atoms with Crippen LogP contribution in [0.1, 0.15) is 35.6 Å². The summed E-state index contributed by atoms with van der Waals surface area (Å²) in [5.74, 6) is 0.0705. The maximum absolute atomic E-state index is 11.9. The summed E-state index contributed by atoms with van der Waals surface area (Å²) >= 11 is 0. The number of anilines is 1. The quantitative estimate of drug-likeness (QED) is 0.877. The van der Waals surface area contributed by atoms with Crippen molar-refractivity contribution >= 4 is 17.2 Å². The van der Waals surface area contributed by atoms with Gasteiger partial charge in [-0.15, -0.1) is 0 Å². The standard InChI is InChI=1S/C23H24N2O2/c1-15-10-19(14-25(2)23(15)27)20-13-21-17(8-9-22(26)24-21)12-18(20)11-16-6-4-3-5-7-16/h3-7,10,12-14,23,27H,8-9,11H2,1-2H3,(H,24,26). The van der Waals surface area contributed by atoms with Gasteiger partial charge in [-0.3, -0.25) is 4.79 Å². The number of likely N-dealkylation sites (N-methyl/N-ethyl adjacent to an activating group) is 1. The van der Waals surface area contributed by atoms with Gasteiger partial charge in [0.1, 0.15) is 6.23 Å². The van der Waals surface area contributed by atoms with Crippen molar-refractivity contribution < 1.29 is 9.90 Å². The molecule has 2 aliphatic rings. The van der Waals surface area contributed by atoms with Crippen LogP contribution in [-0.2, 0) is 17.6 Å². The highest BCUT2D eigenvalue weighted by molar-refractivity contribution is 5.95. The monoisotopic (exact) mass is 360 g/mol. The normalized spacial score (nSPS) is 19.1. The number of fused-ring (bicyclic) bond motifs is 1. The zero-order valence-corrected chi connectivity index (χ0v) is 15.7. The SMILES string of the molecule is CC1=CC(c2cc3c(cc2Cc2ccccc2)CCC(=O)N3)=CN(C)C1O. The van der Waals surface area contributed by atoms with E-state index in [0.717, 1.165) is 35.2 Å². The summed E-state index contributed by atoms with van der Waals surface area (Å²) < 4.78 is 0. The highest BCUT2D eigenvalue weighted by Crippen LogP contribution is 2.34. The number of carbonyl (C=O) groups excluding carboxylic acids is 1. The molecule has 4 heteroatoms. The third-order valence-electron chi connectivity index (χ3n) is 5.29. The third kappa shape index (κ3) is 3.53. The van der Waals surface area contributed by atoms with Gasteiger partial charge in [0.15, 0.2) is 0 Å². The van der Waals surface area contributed by atoms with Gasteiger partial charge in [-0.2, -0.15) is 0 Å². The van der Waals surface area contributed by atoms with Crippen LogP contribution in [0.3, 0.4) is 0 Å². The summed E-state index contributed by atoms with van der Waals surface area (Å²) in [6.45, 7) is 1.94. The number of hydrogen-bond donors (Lipinski definition) is 2. The molecule has 0 fully saturated rings. The topological polar surface area (TPSA) is 52.6 Å². The molecular weight excluding hydrogens is 336 g/mol. The molecule has 2 aromatic rings. The Balaban J connectivity index is 1.82. The summed E-state index contributed by atoms with van der Waals surface area (Å²) in [6.07, 6.45) is 5.55. The van der Waals surface area contributed by atoms with Gasteiger partial charge in [-0.1, -0.05) is 36.4 Å². The molecular formula is C23H24N2O2. The Morgan fingerprint density at radius 1 is 1.19 bits per heavy atom. The fraction of sp³-hybridized carbons (Fsp3) is 0.261. The summed E-state index contributed by atoms with van der Waals surface area (Å²) in [5.41, 5.74) is 7.63. The van der Waals surface area contributed by atoms with Crippen LogP contribution in [-0.4, -0.2) is 29.2 Å². The number of amides is 1. The van der Waals surface area contributed by atoms with Crippen molar-refractivity contribution in [1.29, 1.82) is 0 Å². The van der Waals surface area contributed by atoms with E-state index in [-0.39, 0.29) is 5.91 Å². The number of hydrogen-bond acceptors (Lipinski definition) is 3. The van der Waals surface area contributed by atoms with Gasteiger partial charge in [-0.25, -0.2) is 0 Å². The molecule has 1 unspecified atom stereocenters. The molecule has 0 bridgehead atoms. The average Bonchev–Trinajstić information content (AvgIpc) is 2.66. The first-order valence-electron chi connectivity index (χ1n) is 9.31. The highest BCUT2D eigenvalue weighted by atomic mass is 16.3. The van der Waals surface area contributed by atoms with E-state index in [2.05, 4.69) is 41.7 Å². The van der Waals surface area contributed by atoms with Crippen LogP contribution in [0, 0.1) is 0 Å². The second-order valence-corrected chi connectivity index (χ2v) is 7.39. The van der Waals surface area contributed by atoms with Crippen LogP contribution >= 0.6 is 0 Å². The van der Waals surface area contributed by atoms with Gasteiger partial charge >= 0.3 is 0 Å². The molecule has 138 valence electrons. The van der Waals surface area contributed by atoms with E-state index in [1.54, 1.807) is 0 Å². The number of aryl methyl sites for hydroxylation is 1. The molecule has 2 aromatic carbocycles. The number of benzene rings is 2. The first-order valence-corrected chi connectivity index (χ1v) is 9.31. The maximum Gasteiger partial charge on any atom is 0.224 e. The van der Waals surface area contributed by atoms with Crippen molar-refractivity contribution in [1.82, 2.24) is 4.90 Å². The third-order valence-corrected chi connectivity index (χ3v) is 5.29. The Bertz CT molecular complexity index is 944. The lowest BCUT2D eigenvalue weighted by Crippen LogP contribution is -2.30. The molecule has 0 aromatic heterocycles. The molecule has 4 nitrogen and oxygen atoms in total. The Hall–Kier alpha value is -2.85. The number of carbonyl (C=O) groups is 1. The summed E-state index contributed by atoms with van der Waals surface area (Å²) in [6, 6.07) is 14.7. The highest BCUT2D eigenvalue weighted by Gasteiger charge is 2.22. The van der Waals surface area contributed by atoms with E-state index in [4.69, 9.17) is 0 Å². The molecule has 1 amide bonds. The Kier molecular flexibility index (Phi) is 4.58. The van der Waals surface area contributed by atoms with Crippen molar-refractivity contribution in [2.24, 2.45) is 0 Å². The maximum atomic E-state index is 11.9. The minimum absolute atomic E-state index is 0.0705. The predicted octanol–water partition coefficient (Wildman–Crippen LogP) is 3.71. The van der Waals surface area contributed by atoms with Crippen LogP contribution in [0.25, 0.3) is 5.57 Å². The molecule has 1 atom stereocenters. The number of nitrogens with zero attached hydrogens (tertiary/aromatic N) is 1. The predicted molar refractivity (Wildman–Crippen MR) is 108 cm³/mol. The largest absolute Gasteiger partial charge is 0.370 e. The van der Waals surface area contributed by atoms with Crippen LogP contribution in [0.4, 0.5) is 5.69 Å². The first-order chi connectivity index (χ1) is 13.0. The van der Waals surface area contributed by atoms with Crippen LogP contribution in [0.5, 0.6) is 0 Å². The molecule has 0 saturated carbocycles. The molecule has 4 rings (SSSR count). The fourth-order valence-electron chi connectivity index (χ4n) is 3.83. The van der Waals surface area contributed by atoms with E-state index in [0.29, 0.717) is 6.42 Å². The van der Waals surface area contributed by atoms with Gasteiger partial charge in [0.2, 0.25) is 5.91 Å². The average molecular weight is 360 g/mol. The summed E-state index contributed by atoms with van der Waals surface area (Å²) in [5, 5.41) is 13.2. The molecule has 2 heterocycles. The second-order valence-electron chi connectivity index (χ2n) is 7.39. The molecule has 27 heavy (non-hydrogen) atoms.